The molecule has 98 valence electrons. The summed E-state index contributed by atoms with van der Waals surface area (Å²) in [7, 11) is 0. The number of hydrogen-bond acceptors (Lipinski definition) is 1. The van der Waals surface area contributed by atoms with Crippen molar-refractivity contribution in [3.8, 4) is 0 Å². The summed E-state index contributed by atoms with van der Waals surface area (Å²) in [5.41, 5.74) is 3.24. The molecule has 0 radical (unpaired) electrons. The summed E-state index contributed by atoms with van der Waals surface area (Å²) in [6, 6.07) is 9.97. The smallest absolute Gasteiger partial charge is 0.00683 e. The van der Waals surface area contributed by atoms with E-state index in [-0.39, 0.29) is 0 Å². The zero-order chi connectivity index (χ0) is 12.4. The van der Waals surface area contributed by atoms with Gasteiger partial charge in [0.2, 0.25) is 0 Å². The van der Waals surface area contributed by atoms with Crippen molar-refractivity contribution < 1.29 is 0 Å². The molecule has 0 saturated heterocycles. The van der Waals surface area contributed by atoms with E-state index >= 15 is 0 Å². The van der Waals surface area contributed by atoms with Crippen molar-refractivity contribution in [1.29, 1.82) is 0 Å². The molecule has 0 aliphatic heterocycles. The minimum atomic E-state index is 0.756. The molecule has 18 heavy (non-hydrogen) atoms. The van der Waals surface area contributed by atoms with Crippen LogP contribution in [0.2, 0.25) is 0 Å². The van der Waals surface area contributed by atoms with Crippen molar-refractivity contribution in [3.05, 3.63) is 35.4 Å². The largest absolute Gasteiger partial charge is 0.314 e. The predicted octanol–water partition coefficient (Wildman–Crippen LogP) is 3.88. The Morgan fingerprint density at radius 2 is 1.94 bits per heavy atom. The molecule has 2 saturated carbocycles. The molecule has 3 rings (SSSR count). The van der Waals surface area contributed by atoms with Crippen LogP contribution in [0.5, 0.6) is 0 Å². The van der Waals surface area contributed by atoms with E-state index in [1.54, 1.807) is 11.1 Å². The van der Waals surface area contributed by atoms with Crippen LogP contribution in [0.4, 0.5) is 0 Å². The van der Waals surface area contributed by atoms with Crippen LogP contribution in [0.25, 0.3) is 0 Å². The summed E-state index contributed by atoms with van der Waals surface area (Å²) >= 11 is 0. The van der Waals surface area contributed by atoms with Crippen LogP contribution in [-0.2, 0) is 6.42 Å². The van der Waals surface area contributed by atoms with Crippen molar-refractivity contribution in [2.24, 2.45) is 5.92 Å². The standard InChI is InChI=1S/C17H25N/c1-13(12-18-16-9-10-16)11-15-5-2-3-8-17(15)14-6-4-7-14/h2-3,5,8,13-14,16,18H,4,6-7,9-12H2,1H3. The first-order valence-corrected chi connectivity index (χ1v) is 7.64. The Bertz CT molecular complexity index is 390. The van der Waals surface area contributed by atoms with Gasteiger partial charge in [-0.15, -0.1) is 0 Å². The van der Waals surface area contributed by atoms with E-state index in [4.69, 9.17) is 0 Å². The van der Waals surface area contributed by atoms with Crippen molar-refractivity contribution in [2.45, 2.75) is 57.4 Å². The summed E-state index contributed by atoms with van der Waals surface area (Å²) in [4.78, 5) is 0. The van der Waals surface area contributed by atoms with Gasteiger partial charge < -0.3 is 5.32 Å². The highest BCUT2D eigenvalue weighted by molar-refractivity contribution is 5.32. The van der Waals surface area contributed by atoms with Gasteiger partial charge in [0, 0.05) is 6.04 Å². The molecule has 1 atom stereocenters. The van der Waals surface area contributed by atoms with E-state index in [1.807, 2.05) is 0 Å². The van der Waals surface area contributed by atoms with Gasteiger partial charge in [0.1, 0.15) is 0 Å². The fourth-order valence-electron chi connectivity index (χ4n) is 2.94. The Kier molecular flexibility index (Phi) is 3.69. The first-order chi connectivity index (χ1) is 8.83. The van der Waals surface area contributed by atoms with Crippen LogP contribution in [0.3, 0.4) is 0 Å². The van der Waals surface area contributed by atoms with Gasteiger partial charge in [-0.3, -0.25) is 0 Å². The van der Waals surface area contributed by atoms with Crippen molar-refractivity contribution in [1.82, 2.24) is 5.32 Å². The summed E-state index contributed by atoms with van der Waals surface area (Å²) in [5, 5.41) is 3.65. The summed E-state index contributed by atoms with van der Waals surface area (Å²) in [6.07, 6.45) is 8.28. The number of nitrogens with one attached hydrogen (secondary N) is 1. The third kappa shape index (κ3) is 2.95. The average Bonchev–Trinajstić information content (AvgIpc) is 3.10. The first-order valence-electron chi connectivity index (χ1n) is 7.64. The van der Waals surface area contributed by atoms with Gasteiger partial charge in [0.15, 0.2) is 0 Å². The lowest BCUT2D eigenvalue weighted by atomic mass is 9.77. The highest BCUT2D eigenvalue weighted by atomic mass is 14.9. The van der Waals surface area contributed by atoms with Crippen LogP contribution in [0.15, 0.2) is 24.3 Å². The molecule has 1 aromatic rings. The molecule has 1 N–H and O–H groups in total. The molecular weight excluding hydrogens is 218 g/mol. The van der Waals surface area contributed by atoms with E-state index in [9.17, 15) is 0 Å². The highest BCUT2D eigenvalue weighted by Crippen LogP contribution is 2.38. The number of benzene rings is 1. The van der Waals surface area contributed by atoms with E-state index in [1.165, 1.54) is 45.1 Å². The molecule has 1 heteroatoms. The van der Waals surface area contributed by atoms with Crippen LogP contribution >= 0.6 is 0 Å². The van der Waals surface area contributed by atoms with Gasteiger partial charge >= 0.3 is 0 Å². The molecular formula is C17H25N. The molecule has 2 aliphatic rings. The van der Waals surface area contributed by atoms with Crippen LogP contribution < -0.4 is 5.32 Å². The molecule has 2 aliphatic carbocycles. The van der Waals surface area contributed by atoms with Crippen molar-refractivity contribution >= 4 is 0 Å². The second-order valence-corrected chi connectivity index (χ2v) is 6.32. The second kappa shape index (κ2) is 5.44. The molecule has 1 nitrogen and oxygen atoms in total. The van der Waals surface area contributed by atoms with Crippen molar-refractivity contribution in [2.75, 3.05) is 6.54 Å². The Balaban J connectivity index is 1.59. The fourth-order valence-corrected chi connectivity index (χ4v) is 2.94. The monoisotopic (exact) mass is 243 g/mol. The van der Waals surface area contributed by atoms with Crippen molar-refractivity contribution in [3.63, 3.8) is 0 Å². The summed E-state index contributed by atoms with van der Waals surface area (Å²) in [6.45, 7) is 3.57. The molecule has 0 heterocycles. The minimum absolute atomic E-state index is 0.756. The molecule has 0 amide bonds. The lowest BCUT2D eigenvalue weighted by Gasteiger charge is -2.28. The van der Waals surface area contributed by atoms with E-state index in [0.29, 0.717) is 0 Å². The first kappa shape index (κ1) is 12.2. The highest BCUT2D eigenvalue weighted by Gasteiger charge is 2.23. The molecule has 0 bridgehead atoms. The maximum absolute atomic E-state index is 3.65. The second-order valence-electron chi connectivity index (χ2n) is 6.32. The lowest BCUT2D eigenvalue weighted by molar-refractivity contribution is 0.414. The van der Waals surface area contributed by atoms with Crippen LogP contribution in [0.1, 0.15) is 56.1 Å². The number of hydrogen-bond donors (Lipinski definition) is 1. The van der Waals surface area contributed by atoms with Gasteiger partial charge in [-0.2, -0.15) is 0 Å². The zero-order valence-corrected chi connectivity index (χ0v) is 11.5. The lowest BCUT2D eigenvalue weighted by Crippen LogP contribution is -2.24. The third-order valence-corrected chi connectivity index (χ3v) is 4.50. The molecule has 0 spiro atoms. The Hall–Kier alpha value is -0.820. The van der Waals surface area contributed by atoms with E-state index < -0.39 is 0 Å². The van der Waals surface area contributed by atoms with Gasteiger partial charge in [0.05, 0.1) is 0 Å². The SMILES string of the molecule is CC(CNC1CC1)Cc1ccccc1C1CCC1. The minimum Gasteiger partial charge on any atom is -0.314 e. The zero-order valence-electron chi connectivity index (χ0n) is 11.5. The van der Waals surface area contributed by atoms with Gasteiger partial charge in [-0.25, -0.2) is 0 Å². The van der Waals surface area contributed by atoms with Crippen LogP contribution in [-0.4, -0.2) is 12.6 Å². The maximum atomic E-state index is 3.65. The number of rotatable bonds is 6. The quantitative estimate of drug-likeness (QED) is 0.799. The fraction of sp³-hybridized carbons (Fsp3) is 0.647. The maximum Gasteiger partial charge on any atom is 0.00683 e. The molecule has 2 fully saturated rings. The normalized spacial score (nSPS) is 21.6. The Morgan fingerprint density at radius 3 is 2.61 bits per heavy atom. The average molecular weight is 243 g/mol. The van der Waals surface area contributed by atoms with E-state index in [0.717, 1.165) is 17.9 Å². The van der Waals surface area contributed by atoms with E-state index in [2.05, 4.69) is 36.5 Å². The molecule has 1 unspecified atom stereocenters. The summed E-state index contributed by atoms with van der Waals surface area (Å²) < 4.78 is 0. The topological polar surface area (TPSA) is 12.0 Å². The van der Waals surface area contributed by atoms with Gasteiger partial charge in [0.25, 0.3) is 0 Å². The van der Waals surface area contributed by atoms with Gasteiger partial charge in [-0.1, -0.05) is 37.6 Å². The Labute approximate surface area is 111 Å². The van der Waals surface area contributed by atoms with Gasteiger partial charge in [-0.05, 0) is 61.6 Å². The molecule has 0 aromatic heterocycles. The van der Waals surface area contributed by atoms with Crippen LogP contribution in [0, 0.1) is 5.92 Å². The summed E-state index contributed by atoms with van der Waals surface area (Å²) in [5.74, 6) is 1.62. The third-order valence-electron chi connectivity index (χ3n) is 4.50. The Morgan fingerprint density at radius 1 is 1.17 bits per heavy atom. The predicted molar refractivity (Wildman–Crippen MR) is 76.9 cm³/mol. The molecule has 1 aromatic carbocycles.